The molecule has 3 amide bonds. The summed E-state index contributed by atoms with van der Waals surface area (Å²) >= 11 is 0. The van der Waals surface area contributed by atoms with Crippen molar-refractivity contribution in [2.75, 3.05) is 38.7 Å². The molecule has 10 nitrogen and oxygen atoms in total. The highest BCUT2D eigenvalue weighted by Crippen LogP contribution is 2.37. The first-order chi connectivity index (χ1) is 21.0. The Morgan fingerprint density at radius 3 is 2.52 bits per heavy atom. The molecule has 0 bridgehead atoms. The molecule has 3 N–H and O–H groups in total. The van der Waals surface area contributed by atoms with E-state index in [4.69, 9.17) is 4.74 Å². The van der Waals surface area contributed by atoms with Crippen LogP contribution in [0.15, 0.2) is 60.7 Å². The maximum Gasteiger partial charge on any atom is 0.416 e. The lowest BCUT2D eigenvalue weighted by molar-refractivity contribution is -0.137. The predicted octanol–water partition coefficient (Wildman–Crippen LogP) is 5.73. The molecular weight excluding hydrogens is 579 g/mol. The molecule has 4 aromatic rings. The van der Waals surface area contributed by atoms with Crippen molar-refractivity contribution in [2.24, 2.45) is 0 Å². The number of amides is 3. The molecule has 2 aliphatic rings. The van der Waals surface area contributed by atoms with Crippen molar-refractivity contribution in [2.45, 2.75) is 31.2 Å². The van der Waals surface area contributed by atoms with Crippen LogP contribution in [0.5, 0.6) is 5.75 Å². The number of carbonyl (C=O) groups is 2. The van der Waals surface area contributed by atoms with Crippen molar-refractivity contribution >= 4 is 29.1 Å². The summed E-state index contributed by atoms with van der Waals surface area (Å²) < 4.78 is 50.3. The molecule has 0 atom stereocenters. The number of aromatic nitrogens is 2. The largest absolute Gasteiger partial charge is 0.491 e. The first kappa shape index (κ1) is 29.3. The van der Waals surface area contributed by atoms with Crippen LogP contribution in [0, 0.1) is 0 Å². The Bertz CT molecular complexity index is 1710. The normalized spacial score (nSPS) is 16.6. The molecule has 0 radical (unpaired) electrons. The van der Waals surface area contributed by atoms with Crippen molar-refractivity contribution in [1.82, 2.24) is 19.8 Å². The summed E-state index contributed by atoms with van der Waals surface area (Å²) in [6.45, 7) is 1.36. The van der Waals surface area contributed by atoms with Gasteiger partial charge in [0.25, 0.3) is 0 Å². The summed E-state index contributed by atoms with van der Waals surface area (Å²) in [5.41, 5.74) is 1.92. The third-order valence-electron chi connectivity index (χ3n) is 8.12. The number of aliphatic hydroxyl groups is 1. The van der Waals surface area contributed by atoms with E-state index in [1.807, 2.05) is 36.4 Å². The molecular formula is C31H30F3N5O5. The molecule has 6 rings (SSSR count). The summed E-state index contributed by atoms with van der Waals surface area (Å²) in [6, 6.07) is 16.0. The van der Waals surface area contributed by atoms with Crippen LogP contribution >= 0.6 is 0 Å². The van der Waals surface area contributed by atoms with Gasteiger partial charge in [0.05, 0.1) is 42.4 Å². The zero-order valence-corrected chi connectivity index (χ0v) is 23.8. The number of methoxy groups -OCH3 is 1. The first-order valence-corrected chi connectivity index (χ1v) is 14.1. The van der Waals surface area contributed by atoms with Crippen molar-refractivity contribution in [3.63, 3.8) is 0 Å². The third kappa shape index (κ3) is 5.87. The SMILES string of the molecule is COC(=O)Nc1nc2ccc(-c3ccc4c(c3)CN(C(=O)N3CCC(O)(c5cccc(C(F)(F)F)c5)CC3)CCO4)cc2[nH]1. The van der Waals surface area contributed by atoms with Gasteiger partial charge in [0, 0.05) is 18.7 Å². The molecule has 13 heteroatoms. The number of benzene rings is 3. The van der Waals surface area contributed by atoms with E-state index in [2.05, 4.69) is 20.0 Å². The fraction of sp³-hybridized carbons (Fsp3) is 0.323. The zero-order chi connectivity index (χ0) is 31.1. The van der Waals surface area contributed by atoms with E-state index in [-0.39, 0.29) is 43.5 Å². The van der Waals surface area contributed by atoms with E-state index < -0.39 is 23.4 Å². The third-order valence-corrected chi connectivity index (χ3v) is 8.12. The minimum Gasteiger partial charge on any atom is -0.491 e. The van der Waals surface area contributed by atoms with Crippen molar-refractivity contribution in [3.05, 3.63) is 77.4 Å². The summed E-state index contributed by atoms with van der Waals surface area (Å²) in [5.74, 6) is 0.938. The molecule has 3 aromatic carbocycles. The van der Waals surface area contributed by atoms with Gasteiger partial charge in [0.15, 0.2) is 0 Å². The topological polar surface area (TPSA) is 120 Å². The Morgan fingerprint density at radius 1 is 1.02 bits per heavy atom. The van der Waals surface area contributed by atoms with Crippen molar-refractivity contribution in [1.29, 1.82) is 0 Å². The molecule has 1 saturated heterocycles. The Kier molecular flexibility index (Phi) is 7.58. The summed E-state index contributed by atoms with van der Waals surface area (Å²) in [6.07, 6.45) is -4.90. The second-order valence-electron chi connectivity index (χ2n) is 10.9. The highest BCUT2D eigenvalue weighted by atomic mass is 19.4. The van der Waals surface area contributed by atoms with E-state index in [0.29, 0.717) is 36.5 Å². The van der Waals surface area contributed by atoms with Crippen LogP contribution in [0.25, 0.3) is 22.2 Å². The van der Waals surface area contributed by atoms with Crippen molar-refractivity contribution < 1.29 is 37.3 Å². The van der Waals surface area contributed by atoms with Gasteiger partial charge in [-0.3, -0.25) is 5.32 Å². The van der Waals surface area contributed by atoms with Crippen LogP contribution in [0.3, 0.4) is 0 Å². The number of rotatable bonds is 3. The number of aromatic amines is 1. The van der Waals surface area contributed by atoms with E-state index in [1.54, 1.807) is 9.80 Å². The lowest BCUT2D eigenvalue weighted by Crippen LogP contribution is -2.50. The number of nitrogens with zero attached hydrogens (tertiary/aromatic N) is 3. The number of alkyl halides is 3. The molecule has 0 saturated carbocycles. The number of piperidine rings is 1. The summed E-state index contributed by atoms with van der Waals surface area (Å²) in [5, 5.41) is 13.7. The molecule has 0 aliphatic carbocycles. The minimum absolute atomic E-state index is 0.123. The molecule has 1 aromatic heterocycles. The molecule has 3 heterocycles. The first-order valence-electron chi connectivity index (χ1n) is 14.1. The van der Waals surface area contributed by atoms with Crippen LogP contribution in [-0.2, 0) is 23.1 Å². The highest BCUT2D eigenvalue weighted by Gasteiger charge is 2.39. The number of carbonyl (C=O) groups excluding carboxylic acids is 2. The number of ether oxygens (including phenoxy) is 2. The average molecular weight is 610 g/mol. The van der Waals surface area contributed by atoms with Crippen LogP contribution in [0.2, 0.25) is 0 Å². The van der Waals surface area contributed by atoms with Crippen molar-refractivity contribution in [3.8, 4) is 16.9 Å². The summed E-state index contributed by atoms with van der Waals surface area (Å²) in [7, 11) is 1.27. The maximum absolute atomic E-state index is 13.6. The van der Waals surface area contributed by atoms with Gasteiger partial charge in [-0.1, -0.05) is 24.3 Å². The fourth-order valence-electron chi connectivity index (χ4n) is 5.67. The average Bonchev–Trinajstić information content (AvgIpc) is 3.29. The Hall–Kier alpha value is -4.78. The second-order valence-corrected chi connectivity index (χ2v) is 10.9. The van der Waals surface area contributed by atoms with Gasteiger partial charge < -0.3 is 29.4 Å². The number of likely N-dealkylation sites (tertiary alicyclic amines) is 1. The van der Waals surface area contributed by atoms with Crippen LogP contribution in [-0.4, -0.2) is 70.3 Å². The monoisotopic (exact) mass is 609 g/mol. The minimum atomic E-state index is -4.51. The van der Waals surface area contributed by atoms with Gasteiger partial charge in [-0.05, 0) is 65.9 Å². The number of hydrogen-bond donors (Lipinski definition) is 3. The van der Waals surface area contributed by atoms with Gasteiger partial charge in [0.2, 0.25) is 5.95 Å². The van der Waals surface area contributed by atoms with E-state index >= 15 is 0 Å². The van der Waals surface area contributed by atoms with E-state index in [9.17, 15) is 27.9 Å². The van der Waals surface area contributed by atoms with Crippen LogP contribution < -0.4 is 10.1 Å². The Balaban J connectivity index is 1.15. The number of fused-ring (bicyclic) bond motifs is 2. The predicted molar refractivity (Wildman–Crippen MR) is 155 cm³/mol. The number of anilines is 1. The van der Waals surface area contributed by atoms with Gasteiger partial charge in [0.1, 0.15) is 12.4 Å². The summed E-state index contributed by atoms with van der Waals surface area (Å²) in [4.78, 5) is 35.8. The Labute approximate surface area is 250 Å². The smallest absolute Gasteiger partial charge is 0.416 e. The molecule has 230 valence electrons. The molecule has 2 aliphatic heterocycles. The highest BCUT2D eigenvalue weighted by molar-refractivity contribution is 5.88. The van der Waals surface area contributed by atoms with Gasteiger partial charge in [-0.25, -0.2) is 14.6 Å². The Morgan fingerprint density at radius 2 is 1.77 bits per heavy atom. The molecule has 0 unspecified atom stereocenters. The quantitative estimate of drug-likeness (QED) is 0.273. The number of halogens is 3. The molecule has 44 heavy (non-hydrogen) atoms. The number of H-pyrrole nitrogens is 1. The number of hydrogen-bond acceptors (Lipinski definition) is 6. The van der Waals surface area contributed by atoms with Crippen LogP contribution in [0.1, 0.15) is 29.5 Å². The van der Waals surface area contributed by atoms with Gasteiger partial charge in [-0.15, -0.1) is 0 Å². The molecule has 0 spiro atoms. The van der Waals surface area contributed by atoms with E-state index in [1.165, 1.54) is 19.2 Å². The lowest BCUT2D eigenvalue weighted by Gasteiger charge is -2.40. The maximum atomic E-state index is 13.6. The second kappa shape index (κ2) is 11.4. The molecule has 1 fully saturated rings. The van der Waals surface area contributed by atoms with E-state index in [0.717, 1.165) is 28.8 Å². The van der Waals surface area contributed by atoms with Crippen LogP contribution in [0.4, 0.5) is 28.7 Å². The number of imidazole rings is 1. The zero-order valence-electron chi connectivity index (χ0n) is 23.8. The number of nitrogens with one attached hydrogen (secondary N) is 2. The fourth-order valence-corrected chi connectivity index (χ4v) is 5.67. The number of urea groups is 1. The van der Waals surface area contributed by atoms with Gasteiger partial charge in [-0.2, -0.15) is 13.2 Å². The lowest BCUT2D eigenvalue weighted by atomic mass is 9.84. The standard InChI is InChI=1S/C31H30F3N5O5/c1-43-28(40)37-27-35-24-7-5-20(16-25(24)36-27)19-6-8-26-21(15-19)18-39(13-14-44-26)29(41)38-11-9-30(42,10-12-38)22-3-2-4-23(17-22)31(32,33)34/h2-8,15-17,42H,9-14,18H2,1H3,(H2,35,36,37,40). The van der Waals surface area contributed by atoms with Gasteiger partial charge >= 0.3 is 18.3 Å².